The molecule has 0 aromatic carbocycles. The van der Waals surface area contributed by atoms with Crippen LogP contribution in [-0.4, -0.2) is 38.7 Å². The van der Waals surface area contributed by atoms with Crippen molar-refractivity contribution in [3.63, 3.8) is 0 Å². The molecule has 6 nitrogen and oxygen atoms in total. The van der Waals surface area contributed by atoms with Gasteiger partial charge in [0.25, 0.3) is 5.56 Å². The van der Waals surface area contributed by atoms with Crippen LogP contribution in [0, 0.1) is 0 Å². The number of hydrogen-bond acceptors (Lipinski definition) is 4. The molecule has 6 heteroatoms. The van der Waals surface area contributed by atoms with Crippen molar-refractivity contribution in [3.8, 4) is 5.88 Å². The molecule has 1 fully saturated rings. The molecule has 1 aromatic rings. The number of aromatic hydroxyl groups is 1. The van der Waals surface area contributed by atoms with Crippen molar-refractivity contribution in [3.05, 3.63) is 26.4 Å². The Morgan fingerprint density at radius 3 is 2.55 bits per heavy atom. The summed E-state index contributed by atoms with van der Waals surface area (Å²) in [7, 11) is 0. The maximum Gasteiger partial charge on any atom is 0.331 e. The molecule has 112 valence electrons. The normalized spacial score (nSPS) is 15.2. The van der Waals surface area contributed by atoms with Crippen LogP contribution in [0.5, 0.6) is 5.88 Å². The van der Waals surface area contributed by atoms with Gasteiger partial charge in [-0.25, -0.2) is 4.79 Å². The molecule has 0 spiro atoms. The molecule has 1 aliphatic rings. The van der Waals surface area contributed by atoms with E-state index in [0.717, 1.165) is 6.54 Å². The quantitative estimate of drug-likeness (QED) is 0.810. The molecular weight excluding hydrogens is 258 g/mol. The van der Waals surface area contributed by atoms with Crippen LogP contribution in [0.4, 0.5) is 0 Å². The van der Waals surface area contributed by atoms with E-state index in [1.165, 1.54) is 17.4 Å². The Bertz CT molecular complexity index is 584. The summed E-state index contributed by atoms with van der Waals surface area (Å²) in [6.45, 7) is 7.76. The van der Waals surface area contributed by atoms with Gasteiger partial charge in [-0.3, -0.25) is 19.2 Å². The lowest BCUT2D eigenvalue weighted by Gasteiger charge is -2.21. The summed E-state index contributed by atoms with van der Waals surface area (Å²) in [5.41, 5.74) is -0.754. The monoisotopic (exact) mass is 281 g/mol. The van der Waals surface area contributed by atoms with Crippen LogP contribution in [0.1, 0.15) is 45.1 Å². The summed E-state index contributed by atoms with van der Waals surface area (Å²) in [6, 6.07) is 0.616. The number of rotatable bonds is 6. The molecular formula is C14H23N3O3. The molecule has 2 N–H and O–H groups in total. The number of nitrogens with one attached hydrogen (secondary N) is 1. The summed E-state index contributed by atoms with van der Waals surface area (Å²) >= 11 is 0. The molecule has 0 atom stereocenters. The van der Waals surface area contributed by atoms with Gasteiger partial charge in [-0.2, -0.15) is 0 Å². The third-order valence-electron chi connectivity index (χ3n) is 3.86. The van der Waals surface area contributed by atoms with E-state index in [0.29, 0.717) is 19.1 Å². The second-order valence-corrected chi connectivity index (χ2v) is 5.66. The standard InChI is InChI=1S/C14H23N3O3/c1-4-16(10-5-6-10)7-8-17-13(19)11(9(2)3)12(18)15-14(17)20/h9-10,19H,4-8H2,1-3H3,(H,15,18,20). The van der Waals surface area contributed by atoms with Gasteiger partial charge >= 0.3 is 5.69 Å². The van der Waals surface area contributed by atoms with Gasteiger partial charge in [0.2, 0.25) is 5.88 Å². The smallest absolute Gasteiger partial charge is 0.331 e. The second kappa shape index (κ2) is 5.83. The third-order valence-corrected chi connectivity index (χ3v) is 3.86. The number of H-pyrrole nitrogens is 1. The van der Waals surface area contributed by atoms with Crippen molar-refractivity contribution in [1.29, 1.82) is 0 Å². The highest BCUT2D eigenvalue weighted by Crippen LogP contribution is 2.26. The Balaban J connectivity index is 2.24. The third kappa shape index (κ3) is 2.95. The highest BCUT2D eigenvalue weighted by Gasteiger charge is 2.27. The average Bonchev–Trinajstić information content (AvgIpc) is 3.16. The molecule has 0 amide bonds. The first-order chi connectivity index (χ1) is 9.45. The van der Waals surface area contributed by atoms with E-state index < -0.39 is 11.2 Å². The highest BCUT2D eigenvalue weighted by atomic mass is 16.3. The minimum atomic E-state index is -0.538. The largest absolute Gasteiger partial charge is 0.494 e. The van der Waals surface area contributed by atoms with Crippen LogP contribution in [0.15, 0.2) is 9.59 Å². The van der Waals surface area contributed by atoms with Crippen molar-refractivity contribution >= 4 is 0 Å². The van der Waals surface area contributed by atoms with Crippen molar-refractivity contribution in [1.82, 2.24) is 14.5 Å². The zero-order valence-electron chi connectivity index (χ0n) is 12.3. The number of aromatic nitrogens is 2. The van der Waals surface area contributed by atoms with E-state index in [-0.39, 0.29) is 17.4 Å². The second-order valence-electron chi connectivity index (χ2n) is 5.66. The van der Waals surface area contributed by atoms with Gasteiger partial charge in [-0.15, -0.1) is 0 Å². The van der Waals surface area contributed by atoms with E-state index in [1.807, 2.05) is 13.8 Å². The fourth-order valence-electron chi connectivity index (χ4n) is 2.57. The van der Waals surface area contributed by atoms with Crippen LogP contribution in [-0.2, 0) is 6.54 Å². The number of likely N-dealkylation sites (N-methyl/N-ethyl adjacent to an activating group) is 1. The van der Waals surface area contributed by atoms with Gasteiger partial charge in [-0.1, -0.05) is 20.8 Å². The fraction of sp³-hybridized carbons (Fsp3) is 0.714. The van der Waals surface area contributed by atoms with Gasteiger partial charge < -0.3 is 5.11 Å². The molecule has 1 heterocycles. The summed E-state index contributed by atoms with van der Waals surface area (Å²) in [6.07, 6.45) is 2.41. The molecule has 1 saturated carbocycles. The van der Waals surface area contributed by atoms with Gasteiger partial charge in [0, 0.05) is 19.1 Å². The minimum absolute atomic E-state index is 0.128. The SMILES string of the molecule is CCN(CCn1c(O)c(C(C)C)c(=O)[nH]c1=O)C1CC1. The Morgan fingerprint density at radius 2 is 2.05 bits per heavy atom. The van der Waals surface area contributed by atoms with Gasteiger partial charge in [0.1, 0.15) is 0 Å². The van der Waals surface area contributed by atoms with E-state index in [4.69, 9.17) is 0 Å². The number of nitrogens with zero attached hydrogens (tertiary/aromatic N) is 2. The van der Waals surface area contributed by atoms with Crippen molar-refractivity contribution in [2.24, 2.45) is 0 Å². The highest BCUT2D eigenvalue weighted by molar-refractivity contribution is 5.25. The Kier molecular flexibility index (Phi) is 4.32. The van der Waals surface area contributed by atoms with E-state index in [9.17, 15) is 14.7 Å². The van der Waals surface area contributed by atoms with Gasteiger partial charge in [0.15, 0.2) is 0 Å². The first kappa shape index (κ1) is 14.8. The van der Waals surface area contributed by atoms with Gasteiger partial charge in [-0.05, 0) is 25.3 Å². The van der Waals surface area contributed by atoms with E-state index >= 15 is 0 Å². The summed E-state index contributed by atoms with van der Waals surface area (Å²) in [4.78, 5) is 28.2. The zero-order chi connectivity index (χ0) is 14.9. The molecule has 20 heavy (non-hydrogen) atoms. The first-order valence-corrected chi connectivity index (χ1v) is 7.25. The zero-order valence-corrected chi connectivity index (χ0v) is 12.3. The van der Waals surface area contributed by atoms with Crippen molar-refractivity contribution in [2.45, 2.75) is 52.1 Å². The first-order valence-electron chi connectivity index (χ1n) is 7.25. The lowest BCUT2D eigenvalue weighted by molar-refractivity contribution is 0.256. The molecule has 0 unspecified atom stereocenters. The van der Waals surface area contributed by atoms with Crippen LogP contribution >= 0.6 is 0 Å². The van der Waals surface area contributed by atoms with E-state index in [1.54, 1.807) is 0 Å². The topological polar surface area (TPSA) is 78.3 Å². The molecule has 2 rings (SSSR count). The van der Waals surface area contributed by atoms with Crippen LogP contribution in [0.25, 0.3) is 0 Å². The Morgan fingerprint density at radius 1 is 1.40 bits per heavy atom. The molecule has 1 aromatic heterocycles. The lowest BCUT2D eigenvalue weighted by atomic mass is 10.1. The maximum atomic E-state index is 11.9. The fourth-order valence-corrected chi connectivity index (χ4v) is 2.57. The van der Waals surface area contributed by atoms with E-state index in [2.05, 4.69) is 16.8 Å². The minimum Gasteiger partial charge on any atom is -0.494 e. The van der Waals surface area contributed by atoms with Crippen LogP contribution in [0.3, 0.4) is 0 Å². The number of hydrogen-bond donors (Lipinski definition) is 2. The summed E-state index contributed by atoms with van der Waals surface area (Å²) in [5.74, 6) is -0.322. The maximum absolute atomic E-state index is 11.9. The summed E-state index contributed by atoms with van der Waals surface area (Å²) < 4.78 is 1.27. The van der Waals surface area contributed by atoms with Crippen molar-refractivity contribution < 1.29 is 5.11 Å². The molecule has 0 bridgehead atoms. The van der Waals surface area contributed by atoms with Crippen LogP contribution < -0.4 is 11.2 Å². The van der Waals surface area contributed by atoms with Crippen LogP contribution in [0.2, 0.25) is 0 Å². The number of aromatic amines is 1. The lowest BCUT2D eigenvalue weighted by Crippen LogP contribution is -2.37. The molecule has 0 radical (unpaired) electrons. The molecule has 0 aliphatic heterocycles. The Labute approximate surface area is 118 Å². The summed E-state index contributed by atoms with van der Waals surface area (Å²) in [5, 5.41) is 10.2. The molecule has 0 saturated heterocycles. The molecule has 1 aliphatic carbocycles. The average molecular weight is 281 g/mol. The van der Waals surface area contributed by atoms with Crippen molar-refractivity contribution in [2.75, 3.05) is 13.1 Å². The predicted molar refractivity (Wildman–Crippen MR) is 77.3 cm³/mol. The van der Waals surface area contributed by atoms with Gasteiger partial charge in [0.05, 0.1) is 5.56 Å². The Hall–Kier alpha value is -1.56. The predicted octanol–water partition coefficient (Wildman–Crippen LogP) is 0.850.